The molecule has 0 spiro atoms. The Kier molecular flexibility index (Phi) is 4.20. The highest BCUT2D eigenvalue weighted by molar-refractivity contribution is 5.58. The van der Waals surface area contributed by atoms with Crippen LogP contribution in [-0.4, -0.2) is 21.0 Å². The van der Waals surface area contributed by atoms with E-state index in [4.69, 9.17) is 5.73 Å². The molecule has 23 heavy (non-hydrogen) atoms. The number of benzene rings is 1. The van der Waals surface area contributed by atoms with Gasteiger partial charge >= 0.3 is 0 Å². The molecule has 1 aromatic heterocycles. The van der Waals surface area contributed by atoms with Gasteiger partial charge in [0.2, 0.25) is 11.9 Å². The molecule has 1 heterocycles. The van der Waals surface area contributed by atoms with Crippen molar-refractivity contribution in [2.45, 2.75) is 57.9 Å². The van der Waals surface area contributed by atoms with Gasteiger partial charge in [0.25, 0.3) is 0 Å². The average Bonchev–Trinajstić information content (AvgIpc) is 2.99. The van der Waals surface area contributed by atoms with Crippen LogP contribution in [0.25, 0.3) is 11.4 Å². The lowest BCUT2D eigenvalue weighted by Crippen LogP contribution is -2.18. The standard InChI is InChI=1S/C18H25N5/c1-18(2,3)13-10-8-12(9-11-13)15-21-16(19)23-17(22-15)20-14-6-4-5-7-14/h8-11,14H,4-7H2,1-3H3,(H3,19,20,21,22,23). The summed E-state index contributed by atoms with van der Waals surface area (Å²) in [4.78, 5) is 13.1. The van der Waals surface area contributed by atoms with Crippen LogP contribution in [0.1, 0.15) is 52.0 Å². The van der Waals surface area contributed by atoms with Gasteiger partial charge in [-0.1, -0.05) is 57.9 Å². The summed E-state index contributed by atoms with van der Waals surface area (Å²) in [5.41, 5.74) is 8.24. The lowest BCUT2D eigenvalue weighted by atomic mass is 9.87. The highest BCUT2D eigenvalue weighted by Gasteiger charge is 2.17. The maximum absolute atomic E-state index is 5.87. The van der Waals surface area contributed by atoms with E-state index in [1.165, 1.54) is 31.2 Å². The molecule has 0 bridgehead atoms. The molecule has 0 atom stereocenters. The predicted octanol–water partition coefficient (Wildman–Crippen LogP) is 3.77. The molecule has 1 aliphatic carbocycles. The zero-order valence-corrected chi connectivity index (χ0v) is 14.1. The van der Waals surface area contributed by atoms with Crippen LogP contribution >= 0.6 is 0 Å². The molecule has 0 radical (unpaired) electrons. The summed E-state index contributed by atoms with van der Waals surface area (Å²) >= 11 is 0. The summed E-state index contributed by atoms with van der Waals surface area (Å²) in [5.74, 6) is 1.47. The van der Waals surface area contributed by atoms with Crippen molar-refractivity contribution < 1.29 is 0 Å². The van der Waals surface area contributed by atoms with Crippen LogP contribution in [-0.2, 0) is 5.41 Å². The summed E-state index contributed by atoms with van der Waals surface area (Å²) < 4.78 is 0. The molecule has 1 saturated carbocycles. The molecule has 3 N–H and O–H groups in total. The van der Waals surface area contributed by atoms with Crippen molar-refractivity contribution in [1.82, 2.24) is 15.0 Å². The van der Waals surface area contributed by atoms with Crippen LogP contribution in [0.2, 0.25) is 0 Å². The van der Waals surface area contributed by atoms with E-state index in [1.807, 2.05) is 0 Å². The maximum atomic E-state index is 5.87. The number of nitrogens with zero attached hydrogens (tertiary/aromatic N) is 3. The second-order valence-electron chi connectivity index (χ2n) is 7.29. The Morgan fingerprint density at radius 3 is 2.26 bits per heavy atom. The molecule has 1 fully saturated rings. The van der Waals surface area contributed by atoms with E-state index in [1.54, 1.807) is 0 Å². The molecular formula is C18H25N5. The summed E-state index contributed by atoms with van der Waals surface area (Å²) in [6.07, 6.45) is 4.86. The van der Waals surface area contributed by atoms with Crippen molar-refractivity contribution in [3.63, 3.8) is 0 Å². The molecule has 0 amide bonds. The minimum absolute atomic E-state index is 0.131. The third-order valence-corrected chi connectivity index (χ3v) is 4.35. The van der Waals surface area contributed by atoms with Crippen molar-refractivity contribution in [3.05, 3.63) is 29.8 Å². The quantitative estimate of drug-likeness (QED) is 0.902. The SMILES string of the molecule is CC(C)(C)c1ccc(-c2nc(N)nc(NC3CCCC3)n2)cc1. The summed E-state index contributed by atoms with van der Waals surface area (Å²) in [5, 5.41) is 3.39. The molecule has 122 valence electrons. The zero-order chi connectivity index (χ0) is 16.4. The van der Waals surface area contributed by atoms with E-state index in [0.29, 0.717) is 17.8 Å². The van der Waals surface area contributed by atoms with Crippen LogP contribution in [0.4, 0.5) is 11.9 Å². The smallest absolute Gasteiger partial charge is 0.228 e. The van der Waals surface area contributed by atoms with Gasteiger partial charge in [-0.15, -0.1) is 0 Å². The molecule has 3 rings (SSSR count). The van der Waals surface area contributed by atoms with Gasteiger partial charge in [0.05, 0.1) is 0 Å². The Bertz CT molecular complexity index is 667. The lowest BCUT2D eigenvalue weighted by molar-refractivity contribution is 0.590. The average molecular weight is 311 g/mol. The Morgan fingerprint density at radius 1 is 1.00 bits per heavy atom. The fourth-order valence-electron chi connectivity index (χ4n) is 2.96. The van der Waals surface area contributed by atoms with Crippen molar-refractivity contribution in [2.75, 3.05) is 11.1 Å². The number of nitrogens with one attached hydrogen (secondary N) is 1. The van der Waals surface area contributed by atoms with Crippen molar-refractivity contribution >= 4 is 11.9 Å². The first-order valence-electron chi connectivity index (χ1n) is 8.31. The minimum Gasteiger partial charge on any atom is -0.368 e. The number of aromatic nitrogens is 3. The van der Waals surface area contributed by atoms with E-state index < -0.39 is 0 Å². The molecule has 2 aromatic rings. The van der Waals surface area contributed by atoms with Gasteiger partial charge in [-0.3, -0.25) is 0 Å². The normalized spacial score (nSPS) is 15.8. The zero-order valence-electron chi connectivity index (χ0n) is 14.1. The first-order valence-corrected chi connectivity index (χ1v) is 8.31. The van der Waals surface area contributed by atoms with Gasteiger partial charge in [0, 0.05) is 11.6 Å². The first-order chi connectivity index (χ1) is 10.9. The van der Waals surface area contributed by atoms with Gasteiger partial charge < -0.3 is 11.1 Å². The summed E-state index contributed by atoms with van der Waals surface area (Å²) in [6, 6.07) is 8.80. The molecular weight excluding hydrogens is 286 g/mol. The molecule has 1 aliphatic rings. The van der Waals surface area contributed by atoms with Crippen molar-refractivity contribution in [1.29, 1.82) is 0 Å². The second kappa shape index (κ2) is 6.14. The Labute approximate surface area is 137 Å². The van der Waals surface area contributed by atoms with Crippen LogP contribution < -0.4 is 11.1 Å². The molecule has 5 heteroatoms. The molecule has 0 unspecified atom stereocenters. The maximum Gasteiger partial charge on any atom is 0.228 e. The van der Waals surface area contributed by atoms with E-state index in [2.05, 4.69) is 65.3 Å². The fraction of sp³-hybridized carbons (Fsp3) is 0.500. The number of hydrogen-bond donors (Lipinski definition) is 2. The number of hydrogen-bond acceptors (Lipinski definition) is 5. The van der Waals surface area contributed by atoms with E-state index in [0.717, 1.165) is 5.56 Å². The molecule has 5 nitrogen and oxygen atoms in total. The molecule has 0 aliphatic heterocycles. The number of nitrogens with two attached hydrogens (primary N) is 1. The van der Waals surface area contributed by atoms with E-state index >= 15 is 0 Å². The monoisotopic (exact) mass is 311 g/mol. The Morgan fingerprint density at radius 2 is 1.65 bits per heavy atom. The second-order valence-corrected chi connectivity index (χ2v) is 7.29. The predicted molar refractivity (Wildman–Crippen MR) is 94.3 cm³/mol. The molecule has 1 aromatic carbocycles. The van der Waals surface area contributed by atoms with Crippen molar-refractivity contribution in [2.24, 2.45) is 0 Å². The van der Waals surface area contributed by atoms with Gasteiger partial charge in [0.1, 0.15) is 0 Å². The van der Waals surface area contributed by atoms with Crippen LogP contribution in [0.3, 0.4) is 0 Å². The molecule has 0 saturated heterocycles. The van der Waals surface area contributed by atoms with E-state index in [9.17, 15) is 0 Å². The van der Waals surface area contributed by atoms with Crippen LogP contribution in [0.5, 0.6) is 0 Å². The van der Waals surface area contributed by atoms with Crippen LogP contribution in [0, 0.1) is 0 Å². The summed E-state index contributed by atoms with van der Waals surface area (Å²) in [6.45, 7) is 6.60. The highest BCUT2D eigenvalue weighted by Crippen LogP contribution is 2.26. The van der Waals surface area contributed by atoms with Gasteiger partial charge in [-0.2, -0.15) is 15.0 Å². The topological polar surface area (TPSA) is 76.7 Å². The number of nitrogen functional groups attached to an aromatic ring is 1. The van der Waals surface area contributed by atoms with Crippen molar-refractivity contribution in [3.8, 4) is 11.4 Å². The van der Waals surface area contributed by atoms with E-state index in [-0.39, 0.29) is 11.4 Å². The van der Waals surface area contributed by atoms with Crippen LogP contribution in [0.15, 0.2) is 24.3 Å². The van der Waals surface area contributed by atoms with Gasteiger partial charge in [-0.05, 0) is 23.8 Å². The Balaban J connectivity index is 1.85. The van der Waals surface area contributed by atoms with Gasteiger partial charge in [0.15, 0.2) is 5.82 Å². The fourth-order valence-corrected chi connectivity index (χ4v) is 2.96. The third kappa shape index (κ3) is 3.78. The largest absolute Gasteiger partial charge is 0.368 e. The highest BCUT2D eigenvalue weighted by atomic mass is 15.2. The first kappa shape index (κ1) is 15.7. The third-order valence-electron chi connectivity index (χ3n) is 4.35. The summed E-state index contributed by atoms with van der Waals surface area (Å²) in [7, 11) is 0. The lowest BCUT2D eigenvalue weighted by Gasteiger charge is -2.19. The Hall–Kier alpha value is -2.17. The minimum atomic E-state index is 0.131. The number of rotatable bonds is 3. The number of anilines is 2. The van der Waals surface area contributed by atoms with Gasteiger partial charge in [-0.25, -0.2) is 0 Å².